The average molecular weight is 244 g/mol. The van der Waals surface area contributed by atoms with Gasteiger partial charge in [-0.25, -0.2) is 4.39 Å². The maximum atomic E-state index is 13.4. The highest BCUT2D eigenvalue weighted by atomic mass is 35.5. The molecule has 16 heavy (non-hydrogen) atoms. The number of rotatable bonds is 4. The molecule has 2 rings (SSSR count). The Bertz CT molecular complexity index is 379. The molecule has 0 atom stereocenters. The summed E-state index contributed by atoms with van der Waals surface area (Å²) in [4.78, 5) is 0. The minimum atomic E-state index is -0.567. The molecule has 88 valence electrons. The van der Waals surface area contributed by atoms with Gasteiger partial charge in [0, 0.05) is 23.7 Å². The number of hydrogen-bond donors (Lipinski definition) is 2. The number of aliphatic hydroxyl groups is 1. The topological polar surface area (TPSA) is 32.3 Å². The summed E-state index contributed by atoms with van der Waals surface area (Å²) in [6, 6.07) is 4.63. The Labute approximate surface area is 99.4 Å². The number of hydrogen-bond acceptors (Lipinski definition) is 2. The lowest BCUT2D eigenvalue weighted by Crippen LogP contribution is -2.46. The van der Waals surface area contributed by atoms with Crippen LogP contribution in [-0.4, -0.2) is 17.3 Å². The molecular weight excluding hydrogens is 229 g/mol. The van der Waals surface area contributed by atoms with Crippen LogP contribution in [0.1, 0.15) is 24.8 Å². The van der Waals surface area contributed by atoms with Crippen LogP contribution in [0.5, 0.6) is 0 Å². The molecule has 0 aliphatic heterocycles. The lowest BCUT2D eigenvalue weighted by molar-refractivity contribution is -0.0315. The van der Waals surface area contributed by atoms with E-state index in [4.69, 9.17) is 11.6 Å². The molecule has 1 fully saturated rings. The molecule has 0 heterocycles. The maximum Gasteiger partial charge on any atom is 0.129 e. The molecule has 1 aromatic rings. The first-order chi connectivity index (χ1) is 7.59. The molecule has 0 spiro atoms. The second-order valence-electron chi connectivity index (χ2n) is 4.42. The predicted octanol–water partition coefficient (Wildman–Crippen LogP) is 2.48. The Morgan fingerprint density at radius 2 is 2.19 bits per heavy atom. The average Bonchev–Trinajstić information content (AvgIpc) is 2.19. The number of benzene rings is 1. The van der Waals surface area contributed by atoms with Gasteiger partial charge in [-0.15, -0.1) is 0 Å². The van der Waals surface area contributed by atoms with Crippen LogP contribution in [0.15, 0.2) is 18.2 Å². The molecule has 4 heteroatoms. The van der Waals surface area contributed by atoms with Crippen LogP contribution < -0.4 is 5.32 Å². The summed E-state index contributed by atoms with van der Waals surface area (Å²) >= 11 is 5.65. The Kier molecular flexibility index (Phi) is 3.47. The van der Waals surface area contributed by atoms with Crippen LogP contribution in [0.2, 0.25) is 5.02 Å². The van der Waals surface area contributed by atoms with Gasteiger partial charge in [0.1, 0.15) is 5.82 Å². The van der Waals surface area contributed by atoms with Crippen molar-refractivity contribution in [2.45, 2.75) is 31.4 Å². The van der Waals surface area contributed by atoms with Crippen molar-refractivity contribution in [3.8, 4) is 0 Å². The van der Waals surface area contributed by atoms with Gasteiger partial charge in [-0.2, -0.15) is 0 Å². The van der Waals surface area contributed by atoms with Gasteiger partial charge in [0.05, 0.1) is 5.60 Å². The standard InChI is InChI=1S/C12H15ClFNO/c13-10-3-2-9(11(14)6-10)7-15-8-12(16)4-1-5-12/h2-3,6,15-16H,1,4-5,7-8H2. The molecule has 1 aliphatic rings. The van der Waals surface area contributed by atoms with Crippen LogP contribution >= 0.6 is 11.6 Å². The zero-order valence-electron chi connectivity index (χ0n) is 8.97. The minimum Gasteiger partial charge on any atom is -0.389 e. The molecule has 0 unspecified atom stereocenters. The lowest BCUT2D eigenvalue weighted by atomic mass is 9.80. The molecule has 1 saturated carbocycles. The van der Waals surface area contributed by atoms with E-state index in [1.165, 1.54) is 6.07 Å². The zero-order valence-corrected chi connectivity index (χ0v) is 9.73. The fraction of sp³-hybridized carbons (Fsp3) is 0.500. The highest BCUT2D eigenvalue weighted by Gasteiger charge is 2.33. The summed E-state index contributed by atoms with van der Waals surface area (Å²) in [5.74, 6) is -0.305. The third-order valence-corrected chi connectivity index (χ3v) is 3.30. The summed E-state index contributed by atoms with van der Waals surface area (Å²) in [6.07, 6.45) is 2.75. The molecular formula is C12H15ClFNO. The van der Waals surface area contributed by atoms with Crippen LogP contribution in [0.3, 0.4) is 0 Å². The van der Waals surface area contributed by atoms with Crippen molar-refractivity contribution < 1.29 is 9.50 Å². The van der Waals surface area contributed by atoms with E-state index in [1.54, 1.807) is 12.1 Å². The van der Waals surface area contributed by atoms with Crippen molar-refractivity contribution in [3.05, 3.63) is 34.6 Å². The number of nitrogens with one attached hydrogen (secondary N) is 1. The second kappa shape index (κ2) is 4.70. The van der Waals surface area contributed by atoms with E-state index in [2.05, 4.69) is 5.32 Å². The van der Waals surface area contributed by atoms with E-state index in [1.807, 2.05) is 0 Å². The van der Waals surface area contributed by atoms with Gasteiger partial charge in [0.15, 0.2) is 0 Å². The van der Waals surface area contributed by atoms with E-state index >= 15 is 0 Å². The Morgan fingerprint density at radius 3 is 2.75 bits per heavy atom. The second-order valence-corrected chi connectivity index (χ2v) is 4.85. The molecule has 0 bridgehead atoms. The highest BCUT2D eigenvalue weighted by molar-refractivity contribution is 6.30. The third kappa shape index (κ3) is 2.73. The van der Waals surface area contributed by atoms with Gasteiger partial charge < -0.3 is 10.4 Å². The molecule has 0 radical (unpaired) electrons. The van der Waals surface area contributed by atoms with E-state index in [-0.39, 0.29) is 5.82 Å². The summed E-state index contributed by atoms with van der Waals surface area (Å²) in [7, 11) is 0. The summed E-state index contributed by atoms with van der Waals surface area (Å²) in [6.45, 7) is 0.945. The summed E-state index contributed by atoms with van der Waals surface area (Å²) in [5, 5.41) is 13.3. The largest absolute Gasteiger partial charge is 0.389 e. The first-order valence-electron chi connectivity index (χ1n) is 5.46. The molecule has 0 amide bonds. The highest BCUT2D eigenvalue weighted by Crippen LogP contribution is 2.30. The van der Waals surface area contributed by atoms with Crippen molar-refractivity contribution in [1.82, 2.24) is 5.32 Å². The van der Waals surface area contributed by atoms with Gasteiger partial charge in [-0.1, -0.05) is 17.7 Å². The monoisotopic (exact) mass is 243 g/mol. The molecule has 0 aromatic heterocycles. The Morgan fingerprint density at radius 1 is 1.44 bits per heavy atom. The van der Waals surface area contributed by atoms with Gasteiger partial charge >= 0.3 is 0 Å². The minimum absolute atomic E-state index is 0.305. The first-order valence-corrected chi connectivity index (χ1v) is 5.84. The van der Waals surface area contributed by atoms with Crippen molar-refractivity contribution in [1.29, 1.82) is 0 Å². The smallest absolute Gasteiger partial charge is 0.129 e. The van der Waals surface area contributed by atoms with Crippen molar-refractivity contribution in [2.75, 3.05) is 6.54 Å². The molecule has 2 N–H and O–H groups in total. The van der Waals surface area contributed by atoms with Crippen LogP contribution in [0.25, 0.3) is 0 Å². The fourth-order valence-electron chi connectivity index (χ4n) is 1.86. The van der Waals surface area contributed by atoms with E-state index in [0.29, 0.717) is 23.7 Å². The van der Waals surface area contributed by atoms with E-state index in [9.17, 15) is 9.50 Å². The summed E-state index contributed by atoms with van der Waals surface area (Å²) < 4.78 is 13.4. The third-order valence-electron chi connectivity index (χ3n) is 3.07. The number of halogens is 2. The van der Waals surface area contributed by atoms with Gasteiger partial charge in [0.2, 0.25) is 0 Å². The van der Waals surface area contributed by atoms with Crippen molar-refractivity contribution in [3.63, 3.8) is 0 Å². The molecule has 2 nitrogen and oxygen atoms in total. The lowest BCUT2D eigenvalue weighted by Gasteiger charge is -2.36. The van der Waals surface area contributed by atoms with E-state index < -0.39 is 5.60 Å². The molecule has 1 aliphatic carbocycles. The van der Waals surface area contributed by atoms with Crippen LogP contribution in [0.4, 0.5) is 4.39 Å². The fourth-order valence-corrected chi connectivity index (χ4v) is 2.02. The normalized spacial score (nSPS) is 18.2. The van der Waals surface area contributed by atoms with E-state index in [0.717, 1.165) is 19.3 Å². The van der Waals surface area contributed by atoms with Gasteiger partial charge in [0.25, 0.3) is 0 Å². The van der Waals surface area contributed by atoms with Crippen LogP contribution in [-0.2, 0) is 6.54 Å². The summed E-state index contributed by atoms with van der Waals surface area (Å²) in [5.41, 5.74) is 0.00966. The Balaban J connectivity index is 1.85. The van der Waals surface area contributed by atoms with Gasteiger partial charge in [-0.3, -0.25) is 0 Å². The Hall–Kier alpha value is -0.640. The SMILES string of the molecule is OC1(CNCc2ccc(Cl)cc2F)CCC1. The first kappa shape index (κ1) is 11.8. The molecule has 1 aromatic carbocycles. The molecule has 0 saturated heterocycles. The maximum absolute atomic E-state index is 13.4. The van der Waals surface area contributed by atoms with Crippen molar-refractivity contribution >= 4 is 11.6 Å². The van der Waals surface area contributed by atoms with Crippen molar-refractivity contribution in [2.24, 2.45) is 0 Å². The zero-order chi connectivity index (χ0) is 11.6. The quantitative estimate of drug-likeness (QED) is 0.852. The van der Waals surface area contributed by atoms with Gasteiger partial charge in [-0.05, 0) is 31.4 Å². The van der Waals surface area contributed by atoms with Crippen LogP contribution in [0, 0.1) is 5.82 Å². The predicted molar refractivity (Wildman–Crippen MR) is 61.9 cm³/mol.